The van der Waals surface area contributed by atoms with Crippen LogP contribution in [0.2, 0.25) is 0 Å². The summed E-state index contributed by atoms with van der Waals surface area (Å²) in [4.78, 5) is 12.2. The Bertz CT molecular complexity index is 995. The Labute approximate surface area is 168 Å². The fraction of sp³-hybridized carbons (Fsp3) is 0.381. The first-order valence-electron chi connectivity index (χ1n) is 9.65. The Morgan fingerprint density at radius 1 is 1.18 bits per heavy atom. The Hall–Kier alpha value is -2.54. The molecule has 2 aromatic carbocycles. The Kier molecular flexibility index (Phi) is 5.52. The molecular formula is C21H24N4O2S. The maximum Gasteiger partial charge on any atom is 0.230 e. The van der Waals surface area contributed by atoms with Gasteiger partial charge >= 0.3 is 0 Å². The highest BCUT2D eigenvalue weighted by Crippen LogP contribution is 2.33. The molecule has 0 radical (unpaired) electrons. The molecule has 3 aromatic rings. The smallest absolute Gasteiger partial charge is 0.230 e. The molecule has 1 aliphatic rings. The van der Waals surface area contributed by atoms with Gasteiger partial charge in [-0.2, -0.15) is 0 Å². The van der Waals surface area contributed by atoms with E-state index in [1.165, 1.54) is 31.0 Å². The first-order chi connectivity index (χ1) is 13.6. The van der Waals surface area contributed by atoms with Crippen LogP contribution in [0.5, 0.6) is 5.75 Å². The number of aromatic hydroxyl groups is 1. The highest BCUT2D eigenvalue weighted by molar-refractivity contribution is 7.99. The van der Waals surface area contributed by atoms with Crippen LogP contribution >= 0.6 is 11.8 Å². The largest absolute Gasteiger partial charge is 0.507 e. The summed E-state index contributed by atoms with van der Waals surface area (Å²) in [5.41, 5.74) is 0.632. The number of nitrogens with one attached hydrogen (secondary N) is 1. The summed E-state index contributed by atoms with van der Waals surface area (Å²) in [5, 5.41) is 24.7. The Morgan fingerprint density at radius 3 is 2.64 bits per heavy atom. The molecular weight excluding hydrogens is 372 g/mol. The maximum atomic E-state index is 12.2. The fourth-order valence-corrected chi connectivity index (χ4v) is 4.45. The summed E-state index contributed by atoms with van der Waals surface area (Å²) in [7, 11) is 1.85. The number of fused-ring (bicyclic) bond motifs is 1. The average Bonchev–Trinajstić information content (AvgIpc) is 3.07. The van der Waals surface area contributed by atoms with Gasteiger partial charge in [0.2, 0.25) is 5.91 Å². The predicted octanol–water partition coefficient (Wildman–Crippen LogP) is 3.88. The number of hydrogen-bond donors (Lipinski definition) is 2. The van der Waals surface area contributed by atoms with Crippen molar-refractivity contribution in [3.05, 3.63) is 36.4 Å². The molecule has 1 aromatic heterocycles. The van der Waals surface area contributed by atoms with Crippen LogP contribution in [-0.4, -0.2) is 37.6 Å². The van der Waals surface area contributed by atoms with E-state index >= 15 is 0 Å². The molecule has 0 saturated heterocycles. The minimum Gasteiger partial charge on any atom is -0.507 e. The van der Waals surface area contributed by atoms with Crippen molar-refractivity contribution < 1.29 is 9.90 Å². The molecule has 1 saturated carbocycles. The zero-order valence-corrected chi connectivity index (χ0v) is 16.7. The summed E-state index contributed by atoms with van der Waals surface area (Å²) < 4.78 is 1.82. The number of phenols is 1. The molecule has 7 heteroatoms. The number of rotatable bonds is 5. The van der Waals surface area contributed by atoms with Gasteiger partial charge in [-0.15, -0.1) is 10.2 Å². The average molecular weight is 397 g/mol. The molecule has 0 spiro atoms. The van der Waals surface area contributed by atoms with Crippen molar-refractivity contribution in [2.45, 2.75) is 43.3 Å². The molecule has 4 rings (SSSR count). The predicted molar refractivity (Wildman–Crippen MR) is 111 cm³/mol. The van der Waals surface area contributed by atoms with Crippen molar-refractivity contribution in [3.8, 4) is 17.1 Å². The van der Waals surface area contributed by atoms with Crippen LogP contribution in [0.4, 0.5) is 0 Å². The zero-order chi connectivity index (χ0) is 19.5. The zero-order valence-electron chi connectivity index (χ0n) is 15.9. The van der Waals surface area contributed by atoms with Crippen molar-refractivity contribution >= 4 is 28.4 Å². The molecule has 28 heavy (non-hydrogen) atoms. The number of carbonyl (C=O) groups excluding carboxylic acids is 1. The van der Waals surface area contributed by atoms with Crippen LogP contribution in [-0.2, 0) is 11.8 Å². The topological polar surface area (TPSA) is 80.0 Å². The van der Waals surface area contributed by atoms with E-state index in [0.29, 0.717) is 28.3 Å². The van der Waals surface area contributed by atoms with Gasteiger partial charge in [-0.05, 0) is 35.7 Å². The second-order valence-electron chi connectivity index (χ2n) is 7.27. The minimum absolute atomic E-state index is 0.0370. The van der Waals surface area contributed by atoms with Crippen molar-refractivity contribution in [1.82, 2.24) is 20.1 Å². The molecule has 146 valence electrons. The summed E-state index contributed by atoms with van der Waals surface area (Å²) in [6.45, 7) is 0. The third kappa shape index (κ3) is 3.99. The van der Waals surface area contributed by atoms with Crippen LogP contribution in [0, 0.1) is 0 Å². The van der Waals surface area contributed by atoms with Gasteiger partial charge < -0.3 is 15.0 Å². The third-order valence-corrected chi connectivity index (χ3v) is 6.26. The first-order valence-corrected chi connectivity index (χ1v) is 10.6. The summed E-state index contributed by atoms with van der Waals surface area (Å²) in [5.74, 6) is 1.10. The number of aromatic nitrogens is 3. The molecule has 6 nitrogen and oxygen atoms in total. The van der Waals surface area contributed by atoms with Crippen molar-refractivity contribution in [2.24, 2.45) is 7.05 Å². The van der Waals surface area contributed by atoms with Gasteiger partial charge in [-0.3, -0.25) is 4.79 Å². The van der Waals surface area contributed by atoms with Crippen LogP contribution < -0.4 is 5.32 Å². The van der Waals surface area contributed by atoms with E-state index in [0.717, 1.165) is 23.6 Å². The van der Waals surface area contributed by atoms with E-state index < -0.39 is 0 Å². The number of phenolic OH excluding ortho intramolecular Hbond substituents is 1. The summed E-state index contributed by atoms with van der Waals surface area (Å²) >= 11 is 1.36. The number of benzene rings is 2. The molecule has 1 amide bonds. The van der Waals surface area contributed by atoms with Crippen LogP contribution in [0.15, 0.2) is 41.6 Å². The standard InChI is InChI=1S/C21H24N4O2S/c1-25-20(17-11-14-7-5-6-8-15(14)12-18(17)26)23-24-21(25)28-13-19(27)22-16-9-3-2-4-10-16/h5-8,11-12,16,26H,2-4,9-10,13H2,1H3,(H,22,27). The number of amides is 1. The van der Waals surface area contributed by atoms with Crippen LogP contribution in [0.1, 0.15) is 32.1 Å². The molecule has 0 bridgehead atoms. The molecule has 0 unspecified atom stereocenters. The molecule has 0 aliphatic heterocycles. The van der Waals surface area contributed by atoms with E-state index in [4.69, 9.17) is 0 Å². The van der Waals surface area contributed by atoms with E-state index in [9.17, 15) is 9.90 Å². The molecule has 1 heterocycles. The van der Waals surface area contributed by atoms with E-state index in [1.54, 1.807) is 6.07 Å². The Morgan fingerprint density at radius 2 is 1.89 bits per heavy atom. The van der Waals surface area contributed by atoms with E-state index in [2.05, 4.69) is 15.5 Å². The third-order valence-electron chi connectivity index (χ3n) is 5.24. The lowest BCUT2D eigenvalue weighted by atomic mass is 9.95. The van der Waals surface area contributed by atoms with Gasteiger partial charge in [-0.25, -0.2) is 0 Å². The molecule has 1 aliphatic carbocycles. The lowest BCUT2D eigenvalue weighted by Gasteiger charge is -2.22. The van der Waals surface area contributed by atoms with E-state index in [1.807, 2.05) is 41.9 Å². The fourth-order valence-electron chi connectivity index (χ4n) is 3.73. The van der Waals surface area contributed by atoms with Gasteiger partial charge in [-0.1, -0.05) is 55.3 Å². The van der Waals surface area contributed by atoms with Gasteiger partial charge in [0, 0.05) is 13.1 Å². The highest BCUT2D eigenvalue weighted by Gasteiger charge is 2.18. The SMILES string of the molecule is Cn1c(SCC(=O)NC2CCCCC2)nnc1-c1cc2ccccc2cc1O. The lowest BCUT2D eigenvalue weighted by Crippen LogP contribution is -2.37. The van der Waals surface area contributed by atoms with Crippen LogP contribution in [0.3, 0.4) is 0 Å². The second-order valence-corrected chi connectivity index (χ2v) is 8.22. The highest BCUT2D eigenvalue weighted by atomic mass is 32.2. The number of thioether (sulfide) groups is 1. The quantitative estimate of drug-likeness (QED) is 0.640. The Balaban J connectivity index is 1.47. The normalized spacial score (nSPS) is 15.0. The molecule has 2 N–H and O–H groups in total. The summed E-state index contributed by atoms with van der Waals surface area (Å²) in [6, 6.07) is 11.8. The van der Waals surface area contributed by atoms with Crippen molar-refractivity contribution in [2.75, 3.05) is 5.75 Å². The number of hydrogen-bond acceptors (Lipinski definition) is 5. The van der Waals surface area contributed by atoms with Crippen molar-refractivity contribution in [1.29, 1.82) is 0 Å². The maximum absolute atomic E-state index is 12.2. The minimum atomic E-state index is 0.0370. The van der Waals surface area contributed by atoms with Crippen LogP contribution in [0.25, 0.3) is 22.2 Å². The van der Waals surface area contributed by atoms with Gasteiger partial charge in [0.05, 0.1) is 11.3 Å². The summed E-state index contributed by atoms with van der Waals surface area (Å²) in [6.07, 6.45) is 5.81. The van der Waals surface area contributed by atoms with Crippen molar-refractivity contribution in [3.63, 3.8) is 0 Å². The number of nitrogens with zero attached hydrogens (tertiary/aromatic N) is 3. The van der Waals surface area contributed by atoms with Gasteiger partial charge in [0.25, 0.3) is 0 Å². The van der Waals surface area contributed by atoms with E-state index in [-0.39, 0.29) is 11.7 Å². The number of carbonyl (C=O) groups is 1. The second kappa shape index (κ2) is 8.22. The van der Waals surface area contributed by atoms with Gasteiger partial charge in [0.1, 0.15) is 5.75 Å². The molecule has 1 fully saturated rings. The lowest BCUT2D eigenvalue weighted by molar-refractivity contribution is -0.119. The van der Waals surface area contributed by atoms with Gasteiger partial charge in [0.15, 0.2) is 11.0 Å². The monoisotopic (exact) mass is 396 g/mol. The first kappa shape index (κ1) is 18.8. The molecule has 0 atom stereocenters.